The summed E-state index contributed by atoms with van der Waals surface area (Å²) in [6, 6.07) is 16.2. The highest BCUT2D eigenvalue weighted by Crippen LogP contribution is 2.59. The van der Waals surface area contributed by atoms with Crippen LogP contribution in [0.15, 0.2) is 48.5 Å². The van der Waals surface area contributed by atoms with Crippen LogP contribution >= 0.6 is 0 Å². The van der Waals surface area contributed by atoms with E-state index in [0.717, 1.165) is 25.9 Å². The summed E-state index contributed by atoms with van der Waals surface area (Å²) in [5.41, 5.74) is -2.35. The molecule has 2 aromatic rings. The van der Waals surface area contributed by atoms with E-state index in [1.54, 1.807) is 6.07 Å². The second kappa shape index (κ2) is 13.4. The minimum Gasteiger partial charge on any atom is -0.303 e. The Morgan fingerprint density at radius 3 is 1.65 bits per heavy atom. The standard InChI is InChI=1S/C30H37F6N.C2H3N/c1-2-20-37(22-15-23-10-4-3-5-11-23)21-7-12-24-25(27(16-8-17-27)29(31,32)33)13-6-14-26(24)28(18-9-19-28)30(34,35)36;1-2-3/h3-6,10-11,13-14H,2,7-9,12,15-22H2,1H3;1H3. The summed E-state index contributed by atoms with van der Waals surface area (Å²) in [5.74, 6) is 0. The molecule has 4 rings (SSSR count). The van der Waals surface area contributed by atoms with E-state index in [1.165, 1.54) is 30.7 Å². The van der Waals surface area contributed by atoms with Crippen molar-refractivity contribution in [3.05, 3.63) is 70.8 Å². The molecule has 2 aliphatic carbocycles. The Morgan fingerprint density at radius 1 is 0.750 bits per heavy atom. The predicted octanol–water partition coefficient (Wildman–Crippen LogP) is 9.07. The number of halogens is 6. The number of hydrogen-bond donors (Lipinski definition) is 0. The van der Waals surface area contributed by atoms with Crippen molar-refractivity contribution in [3.8, 4) is 6.07 Å². The highest BCUT2D eigenvalue weighted by atomic mass is 19.4. The Hall–Kier alpha value is -2.53. The van der Waals surface area contributed by atoms with Gasteiger partial charge in [-0.3, -0.25) is 0 Å². The fourth-order valence-corrected chi connectivity index (χ4v) is 6.29. The van der Waals surface area contributed by atoms with Gasteiger partial charge < -0.3 is 4.90 Å². The van der Waals surface area contributed by atoms with Gasteiger partial charge in [-0.25, -0.2) is 0 Å². The summed E-state index contributed by atoms with van der Waals surface area (Å²) < 4.78 is 86.2. The molecular formula is C32H40F6N2. The SMILES string of the molecule is CC#N.CCCN(CCCc1c(C2(C(F)(F)F)CCC2)cccc1C1(C(F)(F)F)CCC1)CCc1ccccc1. The number of rotatable bonds is 11. The molecule has 2 nitrogen and oxygen atoms in total. The molecular weight excluding hydrogens is 526 g/mol. The van der Waals surface area contributed by atoms with Crippen molar-refractivity contribution in [2.45, 2.75) is 101 Å². The molecule has 8 heteroatoms. The van der Waals surface area contributed by atoms with Crippen molar-refractivity contribution in [2.75, 3.05) is 19.6 Å². The number of nitriles is 1. The summed E-state index contributed by atoms with van der Waals surface area (Å²) >= 11 is 0. The Bertz CT molecular complexity index is 1060. The van der Waals surface area contributed by atoms with E-state index in [0.29, 0.717) is 31.4 Å². The maximum absolute atomic E-state index is 14.4. The lowest BCUT2D eigenvalue weighted by Crippen LogP contribution is -2.51. The zero-order valence-electron chi connectivity index (χ0n) is 23.5. The van der Waals surface area contributed by atoms with Crippen LogP contribution in [0.5, 0.6) is 0 Å². The van der Waals surface area contributed by atoms with Crippen LogP contribution in [0.3, 0.4) is 0 Å². The molecule has 0 aliphatic heterocycles. The average Bonchev–Trinajstić information content (AvgIpc) is 2.81. The molecule has 0 saturated heterocycles. The molecule has 40 heavy (non-hydrogen) atoms. The fourth-order valence-electron chi connectivity index (χ4n) is 6.29. The van der Waals surface area contributed by atoms with Gasteiger partial charge in [0.15, 0.2) is 0 Å². The molecule has 2 saturated carbocycles. The van der Waals surface area contributed by atoms with E-state index < -0.39 is 23.2 Å². The highest BCUT2D eigenvalue weighted by Gasteiger charge is 2.63. The number of nitrogens with zero attached hydrogens (tertiary/aromatic N) is 2. The van der Waals surface area contributed by atoms with E-state index in [9.17, 15) is 26.3 Å². The first kappa shape index (κ1) is 32.0. The van der Waals surface area contributed by atoms with Crippen LogP contribution in [-0.4, -0.2) is 36.9 Å². The third-order valence-corrected chi connectivity index (χ3v) is 8.71. The third-order valence-electron chi connectivity index (χ3n) is 8.71. The molecule has 2 fully saturated rings. The van der Waals surface area contributed by atoms with Crippen LogP contribution in [0.25, 0.3) is 0 Å². The molecule has 0 N–H and O–H groups in total. The van der Waals surface area contributed by atoms with Crippen molar-refractivity contribution >= 4 is 0 Å². The first-order valence-electron chi connectivity index (χ1n) is 14.3. The Morgan fingerprint density at radius 2 is 1.25 bits per heavy atom. The van der Waals surface area contributed by atoms with Crippen molar-refractivity contribution in [2.24, 2.45) is 0 Å². The third kappa shape index (κ3) is 6.67. The lowest BCUT2D eigenvalue weighted by Gasteiger charge is -2.48. The number of alkyl halides is 6. The lowest BCUT2D eigenvalue weighted by molar-refractivity contribution is -0.215. The normalized spacial score (nSPS) is 17.7. The Kier molecular flexibility index (Phi) is 10.7. The number of hydrogen-bond acceptors (Lipinski definition) is 2. The van der Waals surface area contributed by atoms with Crippen molar-refractivity contribution in [1.82, 2.24) is 4.90 Å². The van der Waals surface area contributed by atoms with Gasteiger partial charge in [0.05, 0.1) is 16.9 Å². The topological polar surface area (TPSA) is 27.0 Å². The van der Waals surface area contributed by atoms with E-state index in [-0.39, 0.29) is 43.2 Å². The van der Waals surface area contributed by atoms with Gasteiger partial charge in [0.25, 0.3) is 0 Å². The monoisotopic (exact) mass is 566 g/mol. The van der Waals surface area contributed by atoms with Gasteiger partial charge in [-0.2, -0.15) is 31.6 Å². The molecule has 0 heterocycles. The van der Waals surface area contributed by atoms with Crippen LogP contribution in [0.2, 0.25) is 0 Å². The van der Waals surface area contributed by atoms with Crippen LogP contribution in [-0.2, 0) is 23.7 Å². The van der Waals surface area contributed by atoms with Gasteiger partial charge in [-0.15, -0.1) is 0 Å². The van der Waals surface area contributed by atoms with Gasteiger partial charge in [-0.05, 0) is 86.7 Å². The molecule has 2 aliphatic rings. The molecule has 2 aromatic carbocycles. The van der Waals surface area contributed by atoms with Gasteiger partial charge in [0.2, 0.25) is 0 Å². The minimum atomic E-state index is -4.48. The second-order valence-corrected chi connectivity index (χ2v) is 11.1. The zero-order chi connectivity index (χ0) is 29.4. The molecule has 0 amide bonds. The molecule has 0 aromatic heterocycles. The average molecular weight is 567 g/mol. The zero-order valence-corrected chi connectivity index (χ0v) is 23.5. The van der Waals surface area contributed by atoms with E-state index in [1.807, 2.05) is 18.2 Å². The largest absolute Gasteiger partial charge is 0.398 e. The Labute approximate surface area is 234 Å². The van der Waals surface area contributed by atoms with Crippen molar-refractivity contribution in [1.29, 1.82) is 5.26 Å². The van der Waals surface area contributed by atoms with Crippen LogP contribution in [0.1, 0.15) is 87.5 Å². The maximum Gasteiger partial charge on any atom is 0.398 e. The lowest BCUT2D eigenvalue weighted by atomic mass is 9.58. The summed E-state index contributed by atoms with van der Waals surface area (Å²) in [4.78, 5) is 2.28. The molecule has 0 radical (unpaired) electrons. The molecule has 0 unspecified atom stereocenters. The summed E-state index contributed by atoms with van der Waals surface area (Å²) in [6.45, 7) is 5.81. The fraction of sp³-hybridized carbons (Fsp3) is 0.594. The van der Waals surface area contributed by atoms with Gasteiger partial charge >= 0.3 is 12.4 Å². The minimum absolute atomic E-state index is 0.0506. The second-order valence-electron chi connectivity index (χ2n) is 11.1. The highest BCUT2D eigenvalue weighted by molar-refractivity contribution is 5.48. The maximum atomic E-state index is 14.4. The summed E-state index contributed by atoms with van der Waals surface area (Å²) in [6.07, 6.45) is -5.72. The van der Waals surface area contributed by atoms with Crippen molar-refractivity contribution in [3.63, 3.8) is 0 Å². The first-order valence-corrected chi connectivity index (χ1v) is 14.3. The Balaban J connectivity index is 0.00000141. The molecule has 220 valence electrons. The van der Waals surface area contributed by atoms with Crippen molar-refractivity contribution < 1.29 is 26.3 Å². The molecule has 0 bridgehead atoms. The van der Waals surface area contributed by atoms with Gasteiger partial charge in [-0.1, -0.05) is 68.3 Å². The molecule has 0 atom stereocenters. The predicted molar refractivity (Wildman–Crippen MR) is 146 cm³/mol. The van der Waals surface area contributed by atoms with Crippen LogP contribution < -0.4 is 0 Å². The quantitative estimate of drug-likeness (QED) is 0.254. The summed E-state index contributed by atoms with van der Waals surface area (Å²) in [7, 11) is 0. The van der Waals surface area contributed by atoms with E-state index in [2.05, 4.69) is 24.0 Å². The van der Waals surface area contributed by atoms with Crippen LogP contribution in [0.4, 0.5) is 26.3 Å². The first-order chi connectivity index (χ1) is 19.0. The van der Waals surface area contributed by atoms with Gasteiger partial charge in [0, 0.05) is 13.5 Å². The summed E-state index contributed by atoms with van der Waals surface area (Å²) in [5, 5.41) is 7.32. The van der Waals surface area contributed by atoms with E-state index in [4.69, 9.17) is 5.26 Å². The molecule has 0 spiro atoms. The van der Waals surface area contributed by atoms with E-state index >= 15 is 0 Å². The van der Waals surface area contributed by atoms with Crippen LogP contribution in [0, 0.1) is 11.3 Å². The number of benzene rings is 2. The smallest absolute Gasteiger partial charge is 0.303 e. The van der Waals surface area contributed by atoms with Gasteiger partial charge in [0.1, 0.15) is 0 Å².